The van der Waals surface area contributed by atoms with Crippen LogP contribution >= 0.6 is 23.7 Å². The van der Waals surface area contributed by atoms with Crippen LogP contribution in [-0.4, -0.2) is 43.7 Å². The molecule has 0 saturated carbocycles. The van der Waals surface area contributed by atoms with Crippen LogP contribution in [-0.2, 0) is 17.8 Å². The molecular weight excluding hydrogens is 417 g/mol. The number of nitrogens with zero attached hydrogens (tertiary/aromatic N) is 5. The van der Waals surface area contributed by atoms with Crippen LogP contribution in [0.2, 0.25) is 0 Å². The summed E-state index contributed by atoms with van der Waals surface area (Å²) in [5.74, 6) is -0.0562. The summed E-state index contributed by atoms with van der Waals surface area (Å²) in [7, 11) is 0. The highest BCUT2D eigenvalue weighted by molar-refractivity contribution is 7.12. The lowest BCUT2D eigenvalue weighted by atomic mass is 9.96. The number of carbonyl (C=O) groups excluding carboxylic acids is 1. The van der Waals surface area contributed by atoms with Crippen molar-refractivity contribution in [1.82, 2.24) is 24.7 Å². The summed E-state index contributed by atoms with van der Waals surface area (Å²) < 4.78 is 16.0. The summed E-state index contributed by atoms with van der Waals surface area (Å²) in [5.41, 5.74) is 0.441. The highest BCUT2D eigenvalue weighted by Gasteiger charge is 2.24. The van der Waals surface area contributed by atoms with E-state index in [1.54, 1.807) is 12.1 Å². The molecule has 0 spiro atoms. The number of aromatic nitrogens is 4. The van der Waals surface area contributed by atoms with Gasteiger partial charge in [0.2, 0.25) is 5.91 Å². The maximum absolute atomic E-state index is 13.3. The number of halogens is 2. The van der Waals surface area contributed by atoms with E-state index < -0.39 is 0 Å². The minimum atomic E-state index is -0.329. The van der Waals surface area contributed by atoms with Crippen LogP contribution in [0, 0.1) is 11.7 Å². The number of likely N-dealkylation sites (tertiary alicyclic amines) is 1. The number of hydrogen-bond donors (Lipinski definition) is 0. The Kier molecular flexibility index (Phi) is 6.81. The number of benzene rings is 1. The molecule has 7 nitrogen and oxygen atoms in total. The van der Waals surface area contributed by atoms with E-state index in [2.05, 4.69) is 10.4 Å². The molecule has 3 heterocycles. The predicted molar refractivity (Wildman–Crippen MR) is 110 cm³/mol. The molecule has 2 aromatic heterocycles. The van der Waals surface area contributed by atoms with Crippen LogP contribution < -0.4 is 5.69 Å². The van der Waals surface area contributed by atoms with E-state index in [0.29, 0.717) is 25.2 Å². The third-order valence-corrected chi connectivity index (χ3v) is 5.84. The van der Waals surface area contributed by atoms with Crippen LogP contribution in [0.1, 0.15) is 18.4 Å². The Morgan fingerprint density at radius 3 is 2.66 bits per heavy atom. The zero-order chi connectivity index (χ0) is 19.5. The van der Waals surface area contributed by atoms with E-state index in [0.717, 1.165) is 17.8 Å². The van der Waals surface area contributed by atoms with Gasteiger partial charge in [-0.25, -0.2) is 9.18 Å². The summed E-state index contributed by atoms with van der Waals surface area (Å²) in [5, 5.41) is 10.6. The molecule has 0 aliphatic carbocycles. The molecule has 154 valence electrons. The lowest BCUT2D eigenvalue weighted by Crippen LogP contribution is -2.41. The number of piperidine rings is 1. The SMILES string of the molecule is Cl.O=C(Cc1cccc(F)c1)N1CCC(Cn2nnn(-c3cccs3)c2=O)CC1. The second kappa shape index (κ2) is 9.32. The molecule has 3 aromatic rings. The Morgan fingerprint density at radius 2 is 1.97 bits per heavy atom. The molecule has 1 aliphatic rings. The van der Waals surface area contributed by atoms with Crippen LogP contribution in [0.4, 0.5) is 4.39 Å². The smallest absolute Gasteiger partial charge is 0.342 e. The Bertz CT molecular complexity index is 1010. The summed E-state index contributed by atoms with van der Waals surface area (Å²) >= 11 is 1.43. The quantitative estimate of drug-likeness (QED) is 0.614. The molecule has 0 atom stereocenters. The first kappa shape index (κ1) is 21.2. The lowest BCUT2D eigenvalue weighted by Gasteiger charge is -2.31. The number of carbonyl (C=O) groups is 1. The second-order valence-electron chi connectivity index (χ2n) is 6.94. The first-order valence-electron chi connectivity index (χ1n) is 9.19. The van der Waals surface area contributed by atoms with Gasteiger partial charge in [0, 0.05) is 13.1 Å². The fourth-order valence-electron chi connectivity index (χ4n) is 3.46. The molecule has 10 heteroatoms. The zero-order valence-corrected chi connectivity index (χ0v) is 17.2. The summed E-state index contributed by atoms with van der Waals surface area (Å²) in [6.07, 6.45) is 1.80. The van der Waals surface area contributed by atoms with Gasteiger partial charge in [0.1, 0.15) is 10.8 Å². The van der Waals surface area contributed by atoms with Crippen molar-refractivity contribution in [3.05, 3.63) is 63.6 Å². The zero-order valence-electron chi connectivity index (χ0n) is 15.6. The lowest BCUT2D eigenvalue weighted by molar-refractivity contribution is -0.131. The van der Waals surface area contributed by atoms with Crippen molar-refractivity contribution in [3.63, 3.8) is 0 Å². The average molecular weight is 438 g/mol. The van der Waals surface area contributed by atoms with Crippen molar-refractivity contribution in [2.45, 2.75) is 25.8 Å². The van der Waals surface area contributed by atoms with E-state index in [4.69, 9.17) is 0 Å². The van der Waals surface area contributed by atoms with Crippen molar-refractivity contribution < 1.29 is 9.18 Å². The predicted octanol–water partition coefficient (Wildman–Crippen LogP) is 2.53. The van der Waals surface area contributed by atoms with Gasteiger partial charge in [0.25, 0.3) is 0 Å². The van der Waals surface area contributed by atoms with Crippen molar-refractivity contribution in [3.8, 4) is 5.00 Å². The summed E-state index contributed by atoms with van der Waals surface area (Å²) in [6, 6.07) is 9.84. The fraction of sp³-hybridized carbons (Fsp3) is 0.368. The van der Waals surface area contributed by atoms with E-state index in [9.17, 15) is 14.0 Å². The number of thiophene rings is 1. The minimum Gasteiger partial charge on any atom is -0.342 e. The molecule has 1 aromatic carbocycles. The van der Waals surface area contributed by atoms with Gasteiger partial charge in [0.15, 0.2) is 0 Å². The van der Waals surface area contributed by atoms with Gasteiger partial charge >= 0.3 is 5.69 Å². The Morgan fingerprint density at radius 1 is 1.17 bits per heavy atom. The normalized spacial score (nSPS) is 14.6. The van der Waals surface area contributed by atoms with Crippen LogP contribution in [0.25, 0.3) is 5.00 Å². The molecule has 4 rings (SSSR count). The number of tetrazole rings is 1. The highest BCUT2D eigenvalue weighted by Crippen LogP contribution is 2.19. The van der Waals surface area contributed by atoms with E-state index in [1.807, 2.05) is 22.4 Å². The molecule has 0 radical (unpaired) electrons. The Balaban J connectivity index is 0.00000240. The fourth-order valence-corrected chi connectivity index (χ4v) is 4.13. The van der Waals surface area contributed by atoms with Gasteiger partial charge in [0.05, 0.1) is 13.0 Å². The number of rotatable bonds is 5. The van der Waals surface area contributed by atoms with Crippen LogP contribution in [0.3, 0.4) is 0 Å². The second-order valence-corrected chi connectivity index (χ2v) is 7.86. The number of amides is 1. The van der Waals surface area contributed by atoms with Crippen molar-refractivity contribution in [2.24, 2.45) is 5.92 Å². The molecule has 1 fully saturated rings. The maximum atomic E-state index is 13.3. The van der Waals surface area contributed by atoms with Gasteiger partial charge in [-0.2, -0.15) is 9.36 Å². The largest absolute Gasteiger partial charge is 0.369 e. The third-order valence-electron chi connectivity index (χ3n) is 5.00. The van der Waals surface area contributed by atoms with E-state index in [1.165, 1.54) is 32.8 Å². The summed E-state index contributed by atoms with van der Waals surface area (Å²) in [4.78, 5) is 26.7. The molecule has 29 heavy (non-hydrogen) atoms. The molecule has 0 N–H and O–H groups in total. The molecule has 0 bridgehead atoms. The molecule has 1 saturated heterocycles. The van der Waals surface area contributed by atoms with Crippen molar-refractivity contribution >= 4 is 29.7 Å². The monoisotopic (exact) mass is 437 g/mol. The summed E-state index contributed by atoms with van der Waals surface area (Å²) in [6.45, 7) is 1.76. The molecular formula is C19H21ClFN5O2S. The van der Waals surface area contributed by atoms with Gasteiger partial charge < -0.3 is 4.90 Å². The minimum absolute atomic E-state index is 0. The van der Waals surface area contributed by atoms with Crippen LogP contribution in [0.15, 0.2) is 46.6 Å². The first-order valence-corrected chi connectivity index (χ1v) is 10.1. The van der Waals surface area contributed by atoms with E-state index in [-0.39, 0.29) is 42.2 Å². The molecule has 0 unspecified atom stereocenters. The maximum Gasteiger partial charge on any atom is 0.369 e. The van der Waals surface area contributed by atoms with Gasteiger partial charge in [-0.3, -0.25) is 4.79 Å². The van der Waals surface area contributed by atoms with E-state index >= 15 is 0 Å². The Hall–Kier alpha value is -2.52. The first-order chi connectivity index (χ1) is 13.6. The van der Waals surface area contributed by atoms with Gasteiger partial charge in [-0.05, 0) is 64.4 Å². The number of hydrogen-bond acceptors (Lipinski definition) is 5. The standard InChI is InChI=1S/C19H20FN5O2S.ClH/c20-16-4-1-3-15(11-16)12-17(26)23-8-6-14(7-9-23)13-24-19(27)25(22-21-24)18-5-2-10-28-18;/h1-5,10-11,14H,6-9,12-13H2;1H. The average Bonchev–Trinajstić information content (AvgIpc) is 3.33. The Labute approximate surface area is 177 Å². The molecule has 1 aliphatic heterocycles. The molecule has 1 amide bonds. The van der Waals surface area contributed by atoms with Gasteiger partial charge in [-0.1, -0.05) is 12.1 Å². The van der Waals surface area contributed by atoms with Crippen molar-refractivity contribution in [2.75, 3.05) is 13.1 Å². The third kappa shape index (κ3) is 4.91. The highest BCUT2D eigenvalue weighted by atomic mass is 35.5. The topological polar surface area (TPSA) is 73.0 Å². The van der Waals surface area contributed by atoms with Gasteiger partial charge in [-0.15, -0.1) is 23.7 Å². The van der Waals surface area contributed by atoms with Crippen molar-refractivity contribution in [1.29, 1.82) is 0 Å². The van der Waals surface area contributed by atoms with Crippen LogP contribution in [0.5, 0.6) is 0 Å².